The zero-order valence-corrected chi connectivity index (χ0v) is 14.6. The molecule has 2 heterocycles. The predicted molar refractivity (Wildman–Crippen MR) is 92.7 cm³/mol. The van der Waals surface area contributed by atoms with E-state index < -0.39 is 29.5 Å². The maximum Gasteiger partial charge on any atom is 0.229 e. The summed E-state index contributed by atoms with van der Waals surface area (Å²) in [5.41, 5.74) is 0. The second kappa shape index (κ2) is 9.28. The van der Waals surface area contributed by atoms with Crippen molar-refractivity contribution in [1.29, 1.82) is 0 Å². The number of aliphatic hydroxyl groups is 1. The highest BCUT2D eigenvalue weighted by molar-refractivity contribution is 8.17. The van der Waals surface area contributed by atoms with Crippen molar-refractivity contribution in [3.8, 4) is 0 Å². The summed E-state index contributed by atoms with van der Waals surface area (Å²) in [4.78, 5) is 21.1. The van der Waals surface area contributed by atoms with E-state index in [1.165, 1.54) is 6.26 Å². The van der Waals surface area contributed by atoms with Crippen molar-refractivity contribution in [2.24, 2.45) is 0 Å². The van der Waals surface area contributed by atoms with E-state index in [2.05, 4.69) is 0 Å². The molecule has 1 fully saturated rings. The van der Waals surface area contributed by atoms with Crippen LogP contribution >= 0.6 is 23.5 Å². The van der Waals surface area contributed by atoms with Gasteiger partial charge in [-0.15, -0.1) is 23.5 Å². The summed E-state index contributed by atoms with van der Waals surface area (Å²) in [5.74, 6) is 2.03. The average molecular weight is 376 g/mol. The maximum absolute atomic E-state index is 11.6. The van der Waals surface area contributed by atoms with Gasteiger partial charge in [-0.2, -0.15) is 0 Å². The van der Waals surface area contributed by atoms with E-state index in [4.69, 9.17) is 4.42 Å². The van der Waals surface area contributed by atoms with Gasteiger partial charge in [0.1, 0.15) is 17.8 Å². The van der Waals surface area contributed by atoms with Gasteiger partial charge < -0.3 is 9.52 Å². The first-order chi connectivity index (χ1) is 11.5. The van der Waals surface area contributed by atoms with Gasteiger partial charge in [-0.3, -0.25) is 20.2 Å². The van der Waals surface area contributed by atoms with E-state index in [1.807, 2.05) is 0 Å². The molecule has 1 aromatic heterocycles. The highest BCUT2D eigenvalue weighted by Gasteiger charge is 2.42. The molecule has 3 unspecified atom stereocenters. The molecule has 1 aliphatic heterocycles. The first-order valence-corrected chi connectivity index (χ1v) is 9.78. The molecule has 0 spiro atoms. The molecule has 0 saturated carbocycles. The van der Waals surface area contributed by atoms with Crippen LogP contribution in [0.15, 0.2) is 22.8 Å². The van der Waals surface area contributed by atoms with Crippen LogP contribution in [0.5, 0.6) is 0 Å². The average Bonchev–Trinajstić information content (AvgIpc) is 3.05. The molecule has 134 valence electrons. The van der Waals surface area contributed by atoms with Gasteiger partial charge >= 0.3 is 0 Å². The number of furan rings is 1. The minimum Gasteiger partial charge on any atom is -0.469 e. The minimum absolute atomic E-state index is 0.00737. The molecule has 3 atom stereocenters. The Bertz CT molecular complexity index is 535. The van der Waals surface area contributed by atoms with Crippen molar-refractivity contribution in [2.45, 2.75) is 41.9 Å². The lowest BCUT2D eigenvalue weighted by Crippen LogP contribution is -2.35. The molecule has 0 aliphatic carbocycles. The lowest BCUT2D eigenvalue weighted by molar-refractivity contribution is -0.529. The largest absolute Gasteiger partial charge is 0.469 e. The normalized spacial score (nSPS) is 19.5. The van der Waals surface area contributed by atoms with Crippen LogP contribution < -0.4 is 0 Å². The van der Waals surface area contributed by atoms with Gasteiger partial charge in [0.25, 0.3) is 0 Å². The van der Waals surface area contributed by atoms with Crippen LogP contribution in [-0.4, -0.2) is 49.7 Å². The Balaban J connectivity index is 2.13. The molecule has 1 N–H and O–H groups in total. The SMILES string of the molecule is O=[N+]([O-])CC(O)CCC(C(c1ccco1)C1SCCCS1)[N+](=O)[O-]. The Morgan fingerprint density at radius 2 is 2.00 bits per heavy atom. The summed E-state index contributed by atoms with van der Waals surface area (Å²) in [7, 11) is 0. The third-order valence-corrected chi connectivity index (χ3v) is 6.97. The van der Waals surface area contributed by atoms with Crippen LogP contribution in [-0.2, 0) is 0 Å². The number of nitro groups is 2. The number of thioether (sulfide) groups is 2. The van der Waals surface area contributed by atoms with Crippen LogP contribution in [0.3, 0.4) is 0 Å². The zero-order chi connectivity index (χ0) is 17.5. The zero-order valence-electron chi connectivity index (χ0n) is 13.0. The van der Waals surface area contributed by atoms with Gasteiger partial charge in [0.2, 0.25) is 12.6 Å². The molecule has 1 aromatic rings. The smallest absolute Gasteiger partial charge is 0.229 e. The lowest BCUT2D eigenvalue weighted by atomic mass is 9.94. The standard InChI is InChI=1S/C14H20N2O6S2/c17-10(9-15(18)19)4-5-11(16(20)21)13(12-3-1-6-22-12)14-23-7-2-8-24-14/h1,3,6,10-11,13-14,17H,2,4-5,7-9H2. The summed E-state index contributed by atoms with van der Waals surface area (Å²) in [5, 5.41) is 31.8. The van der Waals surface area contributed by atoms with Crippen LogP contribution in [0.2, 0.25) is 0 Å². The lowest BCUT2D eigenvalue weighted by Gasteiger charge is -2.29. The van der Waals surface area contributed by atoms with Gasteiger partial charge in [-0.05, 0) is 36.5 Å². The van der Waals surface area contributed by atoms with Gasteiger partial charge in [0, 0.05) is 16.3 Å². The first kappa shape index (κ1) is 19.1. The van der Waals surface area contributed by atoms with Crippen molar-refractivity contribution >= 4 is 23.5 Å². The molecule has 10 heteroatoms. The molecule has 0 aromatic carbocycles. The van der Waals surface area contributed by atoms with Gasteiger partial charge in [0.15, 0.2) is 0 Å². The fourth-order valence-corrected chi connectivity index (χ4v) is 6.02. The third kappa shape index (κ3) is 5.38. The Kier molecular flexibility index (Phi) is 7.38. The molecular weight excluding hydrogens is 356 g/mol. The summed E-state index contributed by atoms with van der Waals surface area (Å²) in [6, 6.07) is 2.50. The van der Waals surface area contributed by atoms with Gasteiger partial charge in [-0.1, -0.05) is 0 Å². The van der Waals surface area contributed by atoms with Crippen LogP contribution in [0.4, 0.5) is 0 Å². The predicted octanol–water partition coefficient (Wildman–Crippen LogP) is 2.62. The van der Waals surface area contributed by atoms with E-state index in [9.17, 15) is 25.3 Å². The topological polar surface area (TPSA) is 120 Å². The van der Waals surface area contributed by atoms with Crippen LogP contribution in [0.1, 0.15) is 30.9 Å². The summed E-state index contributed by atoms with van der Waals surface area (Å²) >= 11 is 3.38. The van der Waals surface area contributed by atoms with Gasteiger partial charge in [-0.25, -0.2) is 0 Å². The fraction of sp³-hybridized carbons (Fsp3) is 0.714. The van der Waals surface area contributed by atoms with Gasteiger partial charge in [0.05, 0.1) is 10.8 Å². The van der Waals surface area contributed by atoms with E-state index in [1.54, 1.807) is 35.7 Å². The molecule has 2 rings (SSSR count). The number of hydrogen-bond acceptors (Lipinski definition) is 8. The summed E-state index contributed by atoms with van der Waals surface area (Å²) in [6.45, 7) is -0.594. The van der Waals surface area contributed by atoms with Crippen LogP contribution in [0, 0.1) is 20.2 Å². The first-order valence-electron chi connectivity index (χ1n) is 7.69. The van der Waals surface area contributed by atoms with E-state index in [-0.39, 0.29) is 22.3 Å². The van der Waals surface area contributed by atoms with Crippen LogP contribution in [0.25, 0.3) is 0 Å². The maximum atomic E-state index is 11.6. The second-order valence-electron chi connectivity index (χ2n) is 5.60. The second-order valence-corrected chi connectivity index (χ2v) is 8.40. The van der Waals surface area contributed by atoms with E-state index in [0.717, 1.165) is 17.9 Å². The van der Waals surface area contributed by atoms with Crippen molar-refractivity contribution in [2.75, 3.05) is 18.1 Å². The molecule has 0 radical (unpaired) electrons. The molecule has 1 saturated heterocycles. The number of hydrogen-bond donors (Lipinski definition) is 1. The quantitative estimate of drug-likeness (QED) is 0.516. The minimum atomic E-state index is -1.17. The number of nitrogens with zero attached hydrogens (tertiary/aromatic N) is 2. The summed E-state index contributed by atoms with van der Waals surface area (Å²) in [6.07, 6.45) is 1.49. The van der Waals surface area contributed by atoms with Crippen molar-refractivity contribution in [3.63, 3.8) is 0 Å². The highest BCUT2D eigenvalue weighted by atomic mass is 32.2. The Morgan fingerprint density at radius 1 is 1.29 bits per heavy atom. The van der Waals surface area contributed by atoms with Crippen molar-refractivity contribution in [3.05, 3.63) is 44.4 Å². The monoisotopic (exact) mass is 376 g/mol. The van der Waals surface area contributed by atoms with E-state index >= 15 is 0 Å². The Labute approximate surface area is 147 Å². The Hall–Kier alpha value is -1.26. The number of aliphatic hydroxyl groups excluding tert-OH is 1. The van der Waals surface area contributed by atoms with Crippen molar-refractivity contribution < 1.29 is 19.4 Å². The molecule has 0 bridgehead atoms. The highest BCUT2D eigenvalue weighted by Crippen LogP contribution is 2.44. The molecule has 0 amide bonds. The third-order valence-electron chi connectivity index (χ3n) is 3.86. The Morgan fingerprint density at radius 3 is 2.54 bits per heavy atom. The van der Waals surface area contributed by atoms with Crippen molar-refractivity contribution in [1.82, 2.24) is 0 Å². The molecular formula is C14H20N2O6S2. The fourth-order valence-electron chi connectivity index (χ4n) is 2.74. The molecule has 1 aliphatic rings. The summed E-state index contributed by atoms with van der Waals surface area (Å²) < 4.78 is 5.46. The van der Waals surface area contributed by atoms with E-state index in [0.29, 0.717) is 5.76 Å². The number of rotatable bonds is 9. The molecule has 24 heavy (non-hydrogen) atoms. The molecule has 8 nitrogen and oxygen atoms in total.